The van der Waals surface area contributed by atoms with Gasteiger partial charge in [-0.1, -0.05) is 6.07 Å². The van der Waals surface area contributed by atoms with E-state index in [-0.39, 0.29) is 23.3 Å². The minimum atomic E-state index is -3.54. The van der Waals surface area contributed by atoms with Crippen molar-refractivity contribution in [1.82, 2.24) is 9.62 Å². The van der Waals surface area contributed by atoms with E-state index in [9.17, 15) is 13.2 Å². The zero-order valence-electron chi connectivity index (χ0n) is 21.0. The van der Waals surface area contributed by atoms with Crippen LogP contribution in [0.5, 0.6) is 17.2 Å². The number of aryl methyl sites for hydroxylation is 1. The Bertz CT molecular complexity index is 1110. The van der Waals surface area contributed by atoms with Crippen LogP contribution < -0.4 is 19.5 Å². The SMILES string of the molecule is CCOc1ccc([C@H](C)NC(=O)CCc2cc(S(=O)(=O)N3CCCC3)ccc2OC)cc1OCC. The fraction of sp³-hybridized carbons (Fsp3) is 0.500. The van der Waals surface area contributed by atoms with Crippen molar-refractivity contribution in [2.45, 2.75) is 57.4 Å². The average Bonchev–Trinajstić information content (AvgIpc) is 3.40. The normalized spacial score (nSPS) is 15.0. The van der Waals surface area contributed by atoms with Gasteiger partial charge in [-0.3, -0.25) is 4.79 Å². The van der Waals surface area contributed by atoms with Crippen molar-refractivity contribution >= 4 is 15.9 Å². The van der Waals surface area contributed by atoms with Crippen LogP contribution in [0.1, 0.15) is 57.2 Å². The number of amides is 1. The number of ether oxygens (including phenoxy) is 3. The molecule has 1 heterocycles. The third kappa shape index (κ3) is 6.67. The highest BCUT2D eigenvalue weighted by Gasteiger charge is 2.28. The number of sulfonamides is 1. The summed E-state index contributed by atoms with van der Waals surface area (Å²) in [6, 6.07) is 10.3. The minimum absolute atomic E-state index is 0.140. The average molecular weight is 505 g/mol. The van der Waals surface area contributed by atoms with Gasteiger partial charge in [0.1, 0.15) is 5.75 Å². The van der Waals surface area contributed by atoms with E-state index in [1.165, 1.54) is 11.4 Å². The Balaban J connectivity index is 1.67. The zero-order valence-corrected chi connectivity index (χ0v) is 21.8. The van der Waals surface area contributed by atoms with Gasteiger partial charge in [-0.25, -0.2) is 8.42 Å². The number of nitrogens with zero attached hydrogens (tertiary/aromatic N) is 1. The van der Waals surface area contributed by atoms with Gasteiger partial charge in [0, 0.05) is 19.5 Å². The Morgan fingerprint density at radius 3 is 2.31 bits per heavy atom. The summed E-state index contributed by atoms with van der Waals surface area (Å²) in [5.74, 6) is 1.75. The van der Waals surface area contributed by atoms with Gasteiger partial charge in [0.25, 0.3) is 0 Å². The summed E-state index contributed by atoms with van der Waals surface area (Å²) in [6.07, 6.45) is 2.31. The molecule has 1 aliphatic rings. The van der Waals surface area contributed by atoms with E-state index in [1.54, 1.807) is 18.2 Å². The molecule has 2 aromatic rings. The molecule has 0 aliphatic carbocycles. The number of hydrogen-bond acceptors (Lipinski definition) is 6. The lowest BCUT2D eigenvalue weighted by Crippen LogP contribution is -2.28. The first kappa shape index (κ1) is 26.8. The lowest BCUT2D eigenvalue weighted by molar-refractivity contribution is -0.121. The largest absolute Gasteiger partial charge is 0.496 e. The Hall–Kier alpha value is -2.78. The van der Waals surface area contributed by atoms with Crippen molar-refractivity contribution in [3.8, 4) is 17.2 Å². The molecule has 3 rings (SSSR count). The molecule has 0 spiro atoms. The van der Waals surface area contributed by atoms with Crippen molar-refractivity contribution in [3.05, 3.63) is 47.5 Å². The van der Waals surface area contributed by atoms with E-state index in [4.69, 9.17) is 14.2 Å². The first-order chi connectivity index (χ1) is 16.8. The highest BCUT2D eigenvalue weighted by Crippen LogP contribution is 2.31. The predicted octanol–water partition coefficient (Wildman–Crippen LogP) is 4.09. The number of benzene rings is 2. The quantitative estimate of drug-likeness (QED) is 0.468. The monoisotopic (exact) mass is 504 g/mol. The summed E-state index contributed by atoms with van der Waals surface area (Å²) in [7, 11) is -2.00. The highest BCUT2D eigenvalue weighted by molar-refractivity contribution is 7.89. The standard InChI is InChI=1S/C26H36N2O6S/c1-5-33-24-12-9-20(18-25(24)34-6-2)19(3)27-26(29)14-10-21-17-22(11-13-23(21)32-4)35(30,31)28-15-7-8-16-28/h9,11-13,17-19H,5-8,10,14-16H2,1-4H3,(H,27,29)/t19-/m0/s1. The molecule has 1 N–H and O–H groups in total. The van der Waals surface area contributed by atoms with Gasteiger partial charge in [-0.15, -0.1) is 0 Å². The number of hydrogen-bond donors (Lipinski definition) is 1. The summed E-state index contributed by atoms with van der Waals surface area (Å²) in [5, 5.41) is 3.01. The van der Waals surface area contributed by atoms with Crippen LogP contribution in [0.25, 0.3) is 0 Å². The van der Waals surface area contributed by atoms with Crippen molar-refractivity contribution < 1.29 is 27.4 Å². The van der Waals surface area contributed by atoms with Crippen LogP contribution >= 0.6 is 0 Å². The molecular formula is C26H36N2O6S. The Labute approximate surface area is 208 Å². The van der Waals surface area contributed by atoms with Crippen molar-refractivity contribution in [2.75, 3.05) is 33.4 Å². The maximum atomic E-state index is 13.0. The number of methoxy groups -OCH3 is 1. The van der Waals surface area contributed by atoms with Crippen molar-refractivity contribution in [1.29, 1.82) is 0 Å². The summed E-state index contributed by atoms with van der Waals surface area (Å²) in [4.78, 5) is 13.0. The van der Waals surface area contributed by atoms with E-state index >= 15 is 0 Å². The first-order valence-electron chi connectivity index (χ1n) is 12.2. The Morgan fingerprint density at radius 2 is 1.66 bits per heavy atom. The molecule has 0 bridgehead atoms. The summed E-state index contributed by atoms with van der Waals surface area (Å²) in [5.41, 5.74) is 1.59. The van der Waals surface area contributed by atoms with Crippen LogP contribution in [0.3, 0.4) is 0 Å². The molecule has 0 radical (unpaired) electrons. The predicted molar refractivity (Wildman–Crippen MR) is 135 cm³/mol. The third-order valence-corrected chi connectivity index (χ3v) is 7.92. The van der Waals surface area contributed by atoms with Gasteiger partial charge in [-0.2, -0.15) is 4.31 Å². The summed E-state index contributed by atoms with van der Waals surface area (Å²) < 4.78 is 44.1. The maximum absolute atomic E-state index is 13.0. The van der Waals surface area contributed by atoms with Gasteiger partial charge in [-0.05, 0) is 81.5 Å². The van der Waals surface area contributed by atoms with Crippen LogP contribution in [0.2, 0.25) is 0 Å². The van der Waals surface area contributed by atoms with Gasteiger partial charge >= 0.3 is 0 Å². The first-order valence-corrected chi connectivity index (χ1v) is 13.6. The molecule has 192 valence electrons. The summed E-state index contributed by atoms with van der Waals surface area (Å²) >= 11 is 0. The van der Waals surface area contributed by atoms with Crippen LogP contribution in [-0.2, 0) is 21.2 Å². The fourth-order valence-corrected chi connectivity index (χ4v) is 5.74. The molecule has 1 fully saturated rings. The molecule has 0 unspecified atom stereocenters. The number of nitrogens with one attached hydrogen (secondary N) is 1. The number of rotatable bonds is 12. The molecular weight excluding hydrogens is 468 g/mol. The smallest absolute Gasteiger partial charge is 0.243 e. The van der Waals surface area contributed by atoms with Gasteiger partial charge < -0.3 is 19.5 Å². The number of carbonyl (C=O) groups is 1. The molecule has 1 aliphatic heterocycles. The minimum Gasteiger partial charge on any atom is -0.496 e. The molecule has 8 nitrogen and oxygen atoms in total. The lowest BCUT2D eigenvalue weighted by atomic mass is 10.1. The second-order valence-corrected chi connectivity index (χ2v) is 10.4. The molecule has 2 aromatic carbocycles. The van der Waals surface area contributed by atoms with E-state index in [2.05, 4.69) is 5.32 Å². The van der Waals surface area contributed by atoms with Crippen LogP contribution in [0.4, 0.5) is 0 Å². The molecule has 0 saturated carbocycles. The molecule has 1 atom stereocenters. The van der Waals surface area contributed by atoms with Crippen molar-refractivity contribution in [3.63, 3.8) is 0 Å². The molecule has 0 aromatic heterocycles. The topological polar surface area (TPSA) is 94.2 Å². The second-order valence-electron chi connectivity index (χ2n) is 8.45. The van der Waals surface area contributed by atoms with E-state index in [0.29, 0.717) is 55.5 Å². The fourth-order valence-electron chi connectivity index (χ4n) is 4.17. The zero-order chi connectivity index (χ0) is 25.4. The van der Waals surface area contributed by atoms with Gasteiger partial charge in [0.15, 0.2) is 11.5 Å². The number of carbonyl (C=O) groups excluding carboxylic acids is 1. The second kappa shape index (κ2) is 12.3. The molecule has 1 amide bonds. The molecule has 35 heavy (non-hydrogen) atoms. The molecule has 1 saturated heterocycles. The third-order valence-electron chi connectivity index (χ3n) is 6.02. The van der Waals surface area contributed by atoms with E-state index < -0.39 is 10.0 Å². The van der Waals surface area contributed by atoms with E-state index in [1.807, 2.05) is 39.0 Å². The Morgan fingerprint density at radius 1 is 1.00 bits per heavy atom. The van der Waals surface area contributed by atoms with Gasteiger partial charge in [0.05, 0.1) is 31.3 Å². The summed E-state index contributed by atoms with van der Waals surface area (Å²) in [6.45, 7) is 7.87. The van der Waals surface area contributed by atoms with Crippen LogP contribution in [-0.4, -0.2) is 52.0 Å². The van der Waals surface area contributed by atoms with Gasteiger partial charge in [0.2, 0.25) is 15.9 Å². The van der Waals surface area contributed by atoms with Crippen LogP contribution in [0, 0.1) is 0 Å². The van der Waals surface area contributed by atoms with Crippen LogP contribution in [0.15, 0.2) is 41.3 Å². The van der Waals surface area contributed by atoms with Crippen molar-refractivity contribution in [2.24, 2.45) is 0 Å². The van der Waals surface area contributed by atoms with E-state index in [0.717, 1.165) is 18.4 Å². The lowest BCUT2D eigenvalue weighted by Gasteiger charge is -2.18. The Kier molecular flexibility index (Phi) is 9.40. The highest BCUT2D eigenvalue weighted by atomic mass is 32.2. The maximum Gasteiger partial charge on any atom is 0.243 e. The molecule has 9 heteroatoms.